The summed E-state index contributed by atoms with van der Waals surface area (Å²) in [6, 6.07) is 11.0. The summed E-state index contributed by atoms with van der Waals surface area (Å²) >= 11 is 0. The highest BCUT2D eigenvalue weighted by molar-refractivity contribution is 5.55. The number of aliphatic hydroxyl groups is 1. The number of methoxy groups -OCH3 is 1. The highest BCUT2D eigenvalue weighted by atomic mass is 19.4. The number of hydrogen-bond donors (Lipinski definition) is 1. The van der Waals surface area contributed by atoms with Crippen molar-refractivity contribution in [2.45, 2.75) is 19.2 Å². The minimum Gasteiger partial charge on any atom is -0.493 e. The molecule has 0 saturated carbocycles. The fourth-order valence-electron chi connectivity index (χ4n) is 3.70. The number of allylic oxidation sites excluding steroid dienone is 1. The van der Waals surface area contributed by atoms with E-state index in [-0.39, 0.29) is 6.61 Å². The van der Waals surface area contributed by atoms with Gasteiger partial charge in [-0.25, -0.2) is 0 Å². The van der Waals surface area contributed by atoms with Crippen molar-refractivity contribution in [3.05, 3.63) is 59.7 Å². The van der Waals surface area contributed by atoms with E-state index in [1.54, 1.807) is 13.2 Å². The number of β-amino-alcohol motifs (C(OH)–C–C–N with tert-alkyl or cyclic N) is 1. The predicted molar refractivity (Wildman–Crippen MR) is 119 cm³/mol. The molecule has 174 valence electrons. The minimum absolute atomic E-state index is 0.118. The van der Waals surface area contributed by atoms with Gasteiger partial charge in [-0.05, 0) is 42.8 Å². The summed E-state index contributed by atoms with van der Waals surface area (Å²) < 4.78 is 50.0. The smallest absolute Gasteiger partial charge is 0.416 e. The molecule has 0 radical (unpaired) electrons. The number of benzene rings is 2. The fraction of sp³-hybridized carbons (Fsp3) is 0.417. The molecule has 32 heavy (non-hydrogen) atoms. The molecule has 0 aromatic heterocycles. The highest BCUT2D eigenvalue weighted by Crippen LogP contribution is 2.32. The third kappa shape index (κ3) is 6.40. The van der Waals surface area contributed by atoms with Crippen LogP contribution in [0.4, 0.5) is 18.9 Å². The summed E-state index contributed by atoms with van der Waals surface area (Å²) in [5.74, 6) is 1.16. The van der Waals surface area contributed by atoms with Gasteiger partial charge in [0.1, 0.15) is 12.7 Å². The van der Waals surface area contributed by atoms with E-state index in [0.29, 0.717) is 49.9 Å². The maximum atomic E-state index is 13.0. The van der Waals surface area contributed by atoms with E-state index in [1.165, 1.54) is 12.1 Å². The van der Waals surface area contributed by atoms with E-state index in [0.717, 1.165) is 11.6 Å². The Morgan fingerprint density at radius 3 is 2.47 bits per heavy atom. The van der Waals surface area contributed by atoms with Crippen molar-refractivity contribution in [3.8, 4) is 11.5 Å². The summed E-state index contributed by atoms with van der Waals surface area (Å²) in [5, 5.41) is 10.4. The molecule has 0 bridgehead atoms. The van der Waals surface area contributed by atoms with Crippen molar-refractivity contribution >= 4 is 11.8 Å². The summed E-state index contributed by atoms with van der Waals surface area (Å²) in [6.07, 6.45) is -1.15. The first kappa shape index (κ1) is 23.9. The number of anilines is 1. The lowest BCUT2D eigenvalue weighted by molar-refractivity contribution is -0.137. The molecule has 3 rings (SSSR count). The van der Waals surface area contributed by atoms with Crippen LogP contribution in [-0.4, -0.2) is 62.6 Å². The van der Waals surface area contributed by atoms with Gasteiger partial charge in [0.05, 0.1) is 12.7 Å². The van der Waals surface area contributed by atoms with Crippen LogP contribution in [0.5, 0.6) is 11.5 Å². The lowest BCUT2D eigenvalue weighted by Crippen LogP contribution is -2.49. The molecule has 8 heteroatoms. The molecule has 0 amide bonds. The highest BCUT2D eigenvalue weighted by Gasteiger charge is 2.31. The number of aliphatic hydroxyl groups excluding tert-OH is 1. The van der Waals surface area contributed by atoms with Crippen LogP contribution in [-0.2, 0) is 6.18 Å². The summed E-state index contributed by atoms with van der Waals surface area (Å²) in [5.41, 5.74) is 0.923. The molecule has 5 nitrogen and oxygen atoms in total. The Kier molecular flexibility index (Phi) is 8.04. The lowest BCUT2D eigenvalue weighted by atomic mass is 10.1. The molecule has 2 aromatic rings. The van der Waals surface area contributed by atoms with Crippen LogP contribution >= 0.6 is 0 Å². The van der Waals surface area contributed by atoms with Gasteiger partial charge in [0.25, 0.3) is 0 Å². The van der Waals surface area contributed by atoms with E-state index in [1.807, 2.05) is 42.2 Å². The molecule has 1 atom stereocenters. The number of piperazine rings is 1. The number of nitrogens with zero attached hydrogens (tertiary/aromatic N) is 2. The average Bonchev–Trinajstić information content (AvgIpc) is 2.78. The second-order valence-corrected chi connectivity index (χ2v) is 7.71. The fourth-order valence-corrected chi connectivity index (χ4v) is 3.70. The van der Waals surface area contributed by atoms with E-state index < -0.39 is 17.8 Å². The Balaban J connectivity index is 1.48. The number of alkyl halides is 3. The molecular formula is C24H29F3N2O3. The summed E-state index contributed by atoms with van der Waals surface area (Å²) in [4.78, 5) is 4.02. The first-order valence-corrected chi connectivity index (χ1v) is 10.6. The maximum absolute atomic E-state index is 13.0. The Hall–Kier alpha value is -2.71. The second kappa shape index (κ2) is 10.7. The number of ether oxygens (including phenoxy) is 2. The van der Waals surface area contributed by atoms with Crippen molar-refractivity contribution in [3.63, 3.8) is 0 Å². The summed E-state index contributed by atoms with van der Waals surface area (Å²) in [7, 11) is 1.57. The van der Waals surface area contributed by atoms with Crippen LogP contribution in [0.25, 0.3) is 6.08 Å². The van der Waals surface area contributed by atoms with Crippen LogP contribution in [0.15, 0.2) is 48.5 Å². The molecule has 1 saturated heterocycles. The van der Waals surface area contributed by atoms with E-state index >= 15 is 0 Å². The zero-order chi connectivity index (χ0) is 23.1. The molecule has 1 fully saturated rings. The molecular weight excluding hydrogens is 421 g/mol. The van der Waals surface area contributed by atoms with Gasteiger partial charge < -0.3 is 19.5 Å². The molecule has 0 aliphatic carbocycles. The largest absolute Gasteiger partial charge is 0.493 e. The van der Waals surface area contributed by atoms with E-state index in [9.17, 15) is 18.3 Å². The van der Waals surface area contributed by atoms with Gasteiger partial charge >= 0.3 is 6.18 Å². The van der Waals surface area contributed by atoms with Crippen LogP contribution in [0.1, 0.15) is 18.1 Å². The van der Waals surface area contributed by atoms with Crippen LogP contribution in [0, 0.1) is 0 Å². The maximum Gasteiger partial charge on any atom is 0.416 e. The van der Waals surface area contributed by atoms with E-state index in [4.69, 9.17) is 9.47 Å². The number of rotatable bonds is 8. The van der Waals surface area contributed by atoms with Crippen LogP contribution in [0.3, 0.4) is 0 Å². The quantitative estimate of drug-likeness (QED) is 0.650. The Bertz CT molecular complexity index is 910. The Labute approximate surface area is 186 Å². The SMILES string of the molecule is C/C=C/c1ccc(OC[C@H](O)CN2CCN(c3cccc(C(F)(F)F)c3)CC2)c(OC)c1. The van der Waals surface area contributed by atoms with Gasteiger partial charge in [0.2, 0.25) is 0 Å². The van der Waals surface area contributed by atoms with Crippen molar-refractivity contribution in [2.24, 2.45) is 0 Å². The van der Waals surface area contributed by atoms with Crippen LogP contribution in [0.2, 0.25) is 0 Å². The number of halogens is 3. The molecule has 1 N–H and O–H groups in total. The van der Waals surface area contributed by atoms with Crippen LogP contribution < -0.4 is 14.4 Å². The molecule has 1 aliphatic rings. The third-order valence-electron chi connectivity index (χ3n) is 5.36. The van der Waals surface area contributed by atoms with Crippen molar-refractivity contribution in [2.75, 3.05) is 51.3 Å². The van der Waals surface area contributed by atoms with E-state index in [2.05, 4.69) is 4.90 Å². The molecule has 1 heterocycles. The van der Waals surface area contributed by atoms with Crippen molar-refractivity contribution in [1.29, 1.82) is 0 Å². The molecule has 0 spiro atoms. The number of hydrogen-bond acceptors (Lipinski definition) is 5. The monoisotopic (exact) mass is 450 g/mol. The third-order valence-corrected chi connectivity index (χ3v) is 5.36. The zero-order valence-electron chi connectivity index (χ0n) is 18.3. The molecule has 0 unspecified atom stereocenters. The van der Waals surface area contributed by atoms with Gasteiger partial charge in [-0.2, -0.15) is 13.2 Å². The van der Waals surface area contributed by atoms with Gasteiger partial charge in [-0.15, -0.1) is 0 Å². The predicted octanol–water partition coefficient (Wildman–Crippen LogP) is 4.31. The zero-order valence-corrected chi connectivity index (χ0v) is 18.3. The average molecular weight is 451 g/mol. The second-order valence-electron chi connectivity index (χ2n) is 7.71. The topological polar surface area (TPSA) is 45.2 Å². The molecule has 1 aliphatic heterocycles. The van der Waals surface area contributed by atoms with Crippen molar-refractivity contribution < 1.29 is 27.8 Å². The van der Waals surface area contributed by atoms with Gasteiger partial charge in [-0.1, -0.05) is 24.3 Å². The van der Waals surface area contributed by atoms with Gasteiger partial charge in [0, 0.05) is 38.4 Å². The first-order chi connectivity index (χ1) is 15.3. The van der Waals surface area contributed by atoms with Gasteiger partial charge in [-0.3, -0.25) is 4.90 Å². The Morgan fingerprint density at radius 1 is 1.06 bits per heavy atom. The van der Waals surface area contributed by atoms with Gasteiger partial charge in [0.15, 0.2) is 11.5 Å². The molecule has 2 aromatic carbocycles. The first-order valence-electron chi connectivity index (χ1n) is 10.6. The Morgan fingerprint density at radius 2 is 1.81 bits per heavy atom. The summed E-state index contributed by atoms with van der Waals surface area (Å²) in [6.45, 7) is 4.96. The normalized spacial score (nSPS) is 16.4. The van der Waals surface area contributed by atoms with Crippen molar-refractivity contribution in [1.82, 2.24) is 4.90 Å². The minimum atomic E-state index is -4.35. The standard InChI is InChI=1S/C24H29F3N2O3/c1-3-5-18-8-9-22(23(14-18)31-2)32-17-21(30)16-28-10-12-29(13-11-28)20-7-4-6-19(15-20)24(25,26)27/h3-9,14-15,21,30H,10-13,16-17H2,1-2H3/b5-3+/t21-/m1/s1. The lowest BCUT2D eigenvalue weighted by Gasteiger charge is -2.37.